The maximum atomic E-state index is 12.1. The number of nitrogens with zero attached hydrogens (tertiary/aromatic N) is 3. The van der Waals surface area contributed by atoms with Gasteiger partial charge in [0.05, 0.1) is 6.54 Å². The summed E-state index contributed by atoms with van der Waals surface area (Å²) in [6.45, 7) is 7.60. The Hall–Kier alpha value is -1.47. The van der Waals surface area contributed by atoms with Crippen LogP contribution in [0.4, 0.5) is 4.79 Å². The number of ketones is 1. The molecule has 0 aromatic carbocycles. The van der Waals surface area contributed by atoms with Crippen LogP contribution in [-0.2, 0) is 4.74 Å². The lowest BCUT2D eigenvalue weighted by atomic mass is 10.0. The number of likely N-dealkylation sites (tertiary alicyclic amines) is 1. The molecule has 0 spiro atoms. The second-order valence-electron chi connectivity index (χ2n) is 6.86. The smallest absolute Gasteiger partial charge is 0.410 e. The van der Waals surface area contributed by atoms with Gasteiger partial charge in [-0.15, -0.1) is 11.3 Å². The van der Waals surface area contributed by atoms with Crippen LogP contribution < -0.4 is 0 Å². The Labute approximate surface area is 141 Å². The second-order valence-corrected chi connectivity index (χ2v) is 7.75. The molecule has 2 heterocycles. The molecule has 0 radical (unpaired) electrons. The van der Waals surface area contributed by atoms with Gasteiger partial charge in [0, 0.05) is 37.8 Å². The first-order valence-electron chi connectivity index (χ1n) is 7.87. The lowest BCUT2D eigenvalue weighted by Crippen LogP contribution is -2.47. The van der Waals surface area contributed by atoms with Gasteiger partial charge in [-0.1, -0.05) is 0 Å². The molecule has 1 fully saturated rings. The highest BCUT2D eigenvalue weighted by atomic mass is 32.1. The van der Waals surface area contributed by atoms with Crippen molar-refractivity contribution in [2.45, 2.75) is 45.3 Å². The lowest BCUT2D eigenvalue weighted by Gasteiger charge is -2.36. The molecule has 23 heavy (non-hydrogen) atoms. The summed E-state index contributed by atoms with van der Waals surface area (Å²) in [6, 6.07) is 0.163. The molecule has 1 aromatic rings. The Morgan fingerprint density at radius 2 is 2.04 bits per heavy atom. The maximum absolute atomic E-state index is 12.1. The fourth-order valence-corrected chi connectivity index (χ4v) is 3.15. The van der Waals surface area contributed by atoms with E-state index in [2.05, 4.69) is 9.88 Å². The Morgan fingerprint density at radius 3 is 2.57 bits per heavy atom. The van der Waals surface area contributed by atoms with E-state index in [0.29, 0.717) is 11.6 Å². The molecule has 1 aliphatic heterocycles. The van der Waals surface area contributed by atoms with E-state index < -0.39 is 5.60 Å². The zero-order valence-corrected chi connectivity index (χ0v) is 15.1. The van der Waals surface area contributed by atoms with Gasteiger partial charge in [0.25, 0.3) is 0 Å². The second kappa shape index (κ2) is 7.40. The first-order chi connectivity index (χ1) is 10.8. The largest absolute Gasteiger partial charge is 0.444 e. The van der Waals surface area contributed by atoms with Crippen molar-refractivity contribution in [1.82, 2.24) is 14.8 Å². The van der Waals surface area contributed by atoms with Crippen LogP contribution >= 0.6 is 11.3 Å². The van der Waals surface area contributed by atoms with E-state index in [1.54, 1.807) is 18.1 Å². The summed E-state index contributed by atoms with van der Waals surface area (Å²) in [5.74, 6) is 0.0685. The molecule has 6 nitrogen and oxygen atoms in total. The van der Waals surface area contributed by atoms with E-state index in [0.717, 1.165) is 25.9 Å². The minimum Gasteiger partial charge on any atom is -0.444 e. The molecular weight excluding hydrogens is 314 g/mol. The fraction of sp³-hybridized carbons (Fsp3) is 0.688. The molecule has 0 unspecified atom stereocenters. The van der Waals surface area contributed by atoms with E-state index in [1.165, 1.54) is 11.3 Å². The number of ether oxygens (including phenoxy) is 1. The third kappa shape index (κ3) is 5.28. The highest BCUT2D eigenvalue weighted by Gasteiger charge is 2.29. The number of piperidine rings is 1. The summed E-state index contributed by atoms with van der Waals surface area (Å²) in [5.41, 5.74) is -0.480. The van der Waals surface area contributed by atoms with E-state index in [1.807, 2.05) is 26.2 Å². The van der Waals surface area contributed by atoms with Crippen LogP contribution in [0.1, 0.15) is 43.4 Å². The third-order valence-corrected chi connectivity index (χ3v) is 4.64. The number of Topliss-reactive ketones (excluding diaryl/α,β-unsaturated/α-hetero) is 1. The van der Waals surface area contributed by atoms with Gasteiger partial charge in [0.2, 0.25) is 5.78 Å². The Balaban J connectivity index is 1.79. The standard InChI is InChI=1S/C16H25N3O3S/c1-16(2,3)22-15(21)18(4)12-5-8-19(9-6-12)11-13(20)14-17-7-10-23-14/h7,10,12H,5-6,8-9,11H2,1-4H3. The summed E-state index contributed by atoms with van der Waals surface area (Å²) in [6.07, 6.45) is 3.07. The van der Waals surface area contributed by atoms with Crippen molar-refractivity contribution in [3.8, 4) is 0 Å². The van der Waals surface area contributed by atoms with Gasteiger partial charge >= 0.3 is 6.09 Å². The average Bonchev–Trinajstić information content (AvgIpc) is 3.00. The summed E-state index contributed by atoms with van der Waals surface area (Å²) in [7, 11) is 1.79. The number of rotatable bonds is 4. The highest BCUT2D eigenvalue weighted by molar-refractivity contribution is 7.11. The van der Waals surface area contributed by atoms with Gasteiger partial charge in [0.1, 0.15) is 5.60 Å². The fourth-order valence-electron chi connectivity index (χ4n) is 2.58. The number of hydrogen-bond donors (Lipinski definition) is 0. The molecule has 2 rings (SSSR count). The van der Waals surface area contributed by atoms with Crippen molar-refractivity contribution in [3.05, 3.63) is 16.6 Å². The first kappa shape index (κ1) is 17.9. The van der Waals surface area contributed by atoms with Crippen LogP contribution in [0.25, 0.3) is 0 Å². The van der Waals surface area contributed by atoms with Crippen molar-refractivity contribution >= 4 is 23.2 Å². The maximum Gasteiger partial charge on any atom is 0.410 e. The van der Waals surface area contributed by atoms with Crippen molar-refractivity contribution in [1.29, 1.82) is 0 Å². The summed E-state index contributed by atoms with van der Waals surface area (Å²) in [4.78, 5) is 32.0. The van der Waals surface area contributed by atoms with E-state index in [4.69, 9.17) is 4.74 Å². The summed E-state index contributed by atoms with van der Waals surface area (Å²) in [5, 5.41) is 2.38. The van der Waals surface area contributed by atoms with Crippen LogP contribution in [0.3, 0.4) is 0 Å². The van der Waals surface area contributed by atoms with Crippen LogP contribution in [0.5, 0.6) is 0 Å². The molecule has 0 aliphatic carbocycles. The van der Waals surface area contributed by atoms with E-state index in [-0.39, 0.29) is 17.9 Å². The quantitative estimate of drug-likeness (QED) is 0.789. The molecule has 0 N–H and O–H groups in total. The predicted molar refractivity (Wildman–Crippen MR) is 89.9 cm³/mol. The monoisotopic (exact) mass is 339 g/mol. The molecule has 0 atom stereocenters. The Kier molecular flexibility index (Phi) is 5.75. The van der Waals surface area contributed by atoms with E-state index >= 15 is 0 Å². The number of carbonyl (C=O) groups is 2. The Morgan fingerprint density at radius 1 is 1.39 bits per heavy atom. The van der Waals surface area contributed by atoms with Gasteiger partial charge in [0.15, 0.2) is 5.01 Å². The lowest BCUT2D eigenvalue weighted by molar-refractivity contribution is 0.0152. The first-order valence-corrected chi connectivity index (χ1v) is 8.75. The number of hydrogen-bond acceptors (Lipinski definition) is 6. The van der Waals surface area contributed by atoms with Crippen molar-refractivity contribution in [3.63, 3.8) is 0 Å². The number of thiazole rings is 1. The number of amides is 1. The van der Waals surface area contributed by atoms with Crippen molar-refractivity contribution < 1.29 is 14.3 Å². The number of carbonyl (C=O) groups excluding carboxylic acids is 2. The topological polar surface area (TPSA) is 62.7 Å². The minimum absolute atomic E-state index is 0.0685. The van der Waals surface area contributed by atoms with Gasteiger partial charge in [-0.2, -0.15) is 0 Å². The van der Waals surface area contributed by atoms with Gasteiger partial charge in [-0.25, -0.2) is 9.78 Å². The molecule has 0 saturated carbocycles. The van der Waals surface area contributed by atoms with Crippen molar-refractivity contribution in [2.75, 3.05) is 26.7 Å². The SMILES string of the molecule is CN(C(=O)OC(C)(C)C)C1CCN(CC(=O)c2nccs2)CC1. The third-order valence-electron chi connectivity index (χ3n) is 3.82. The predicted octanol–water partition coefficient (Wildman–Crippen LogP) is 2.66. The molecule has 128 valence electrons. The van der Waals surface area contributed by atoms with Crippen LogP contribution in [0.15, 0.2) is 11.6 Å². The zero-order valence-electron chi connectivity index (χ0n) is 14.2. The van der Waals surface area contributed by atoms with Gasteiger partial charge < -0.3 is 9.64 Å². The van der Waals surface area contributed by atoms with E-state index in [9.17, 15) is 9.59 Å². The molecule has 1 saturated heterocycles. The van der Waals surface area contributed by atoms with Crippen LogP contribution in [0.2, 0.25) is 0 Å². The Bertz CT molecular complexity index is 531. The molecule has 1 aliphatic rings. The van der Waals surface area contributed by atoms with Crippen LogP contribution in [0, 0.1) is 0 Å². The van der Waals surface area contributed by atoms with Crippen LogP contribution in [-0.4, -0.2) is 65.0 Å². The number of aromatic nitrogens is 1. The summed E-state index contributed by atoms with van der Waals surface area (Å²) >= 11 is 1.38. The zero-order chi connectivity index (χ0) is 17.0. The highest BCUT2D eigenvalue weighted by Crippen LogP contribution is 2.19. The van der Waals surface area contributed by atoms with Gasteiger partial charge in [-0.05, 0) is 33.6 Å². The normalized spacial score (nSPS) is 17.0. The average molecular weight is 339 g/mol. The molecule has 7 heteroatoms. The van der Waals surface area contributed by atoms with Gasteiger partial charge in [-0.3, -0.25) is 9.69 Å². The molecule has 1 amide bonds. The molecule has 1 aromatic heterocycles. The van der Waals surface area contributed by atoms with Crippen molar-refractivity contribution in [2.24, 2.45) is 0 Å². The minimum atomic E-state index is -0.480. The summed E-state index contributed by atoms with van der Waals surface area (Å²) < 4.78 is 5.41. The molecule has 0 bridgehead atoms. The molecular formula is C16H25N3O3S.